The third-order valence-electron chi connectivity index (χ3n) is 8.89. The Bertz CT molecular complexity index is 632. The molecular formula is C24H36. The minimum atomic E-state index is 0.0900. The first-order chi connectivity index (χ1) is 11.1. The highest BCUT2D eigenvalue weighted by Crippen LogP contribution is 2.75. The molecule has 6 atom stereocenters. The van der Waals surface area contributed by atoms with Gasteiger partial charge in [-0.3, -0.25) is 0 Å². The Morgan fingerprint density at radius 1 is 1.00 bits per heavy atom. The molecule has 2 fully saturated rings. The summed E-state index contributed by atoms with van der Waals surface area (Å²) in [5.74, 6) is 1.96. The lowest BCUT2D eigenvalue weighted by atomic mass is 9.44. The number of allylic oxidation sites excluding steroid dienone is 6. The first kappa shape index (κ1) is 17.8. The van der Waals surface area contributed by atoms with Gasteiger partial charge in [-0.1, -0.05) is 72.9 Å². The van der Waals surface area contributed by atoms with Crippen LogP contribution in [0, 0.1) is 34.0 Å². The van der Waals surface area contributed by atoms with Crippen LogP contribution in [-0.2, 0) is 0 Å². The van der Waals surface area contributed by atoms with Crippen LogP contribution in [0.1, 0.15) is 67.2 Å². The molecule has 3 aliphatic carbocycles. The Balaban J connectivity index is 2.26. The SMILES string of the molecule is C=C1/C2=C\C[C@@H](C)CC=CC(=C)[C@]3(C)CC[C@](C)([C@@H](C)[C@@H]2C)[C@]13C. The molecule has 0 heterocycles. The zero-order valence-corrected chi connectivity index (χ0v) is 16.7. The Morgan fingerprint density at radius 3 is 2.33 bits per heavy atom. The van der Waals surface area contributed by atoms with E-state index in [1.54, 1.807) is 0 Å². The molecule has 3 rings (SSSR count). The van der Waals surface area contributed by atoms with Gasteiger partial charge < -0.3 is 0 Å². The summed E-state index contributed by atoms with van der Waals surface area (Å²) in [4.78, 5) is 0. The fraction of sp³-hybridized carbons (Fsp3) is 0.667. The van der Waals surface area contributed by atoms with Gasteiger partial charge in [0.25, 0.3) is 0 Å². The molecule has 0 unspecified atom stereocenters. The second kappa shape index (κ2) is 5.48. The van der Waals surface area contributed by atoms with Gasteiger partial charge in [-0.25, -0.2) is 0 Å². The molecule has 0 aromatic carbocycles. The standard InChI is InChI=1S/C24H36/c1-16-10-9-11-17(2)22(6)14-15-23(7)19(4)18(3)21(13-12-16)20(5)24(22,23)8/h9,11,13,16,18-19H,2,5,10,12,14-15H2,1,3-4,6-8H3/b11-9?,21-13-/t16-,18-,19-,22-,23+,24+/m0/s1. The topological polar surface area (TPSA) is 0 Å². The predicted octanol–water partition coefficient (Wildman–Crippen LogP) is 7.11. The second-order valence-corrected chi connectivity index (χ2v) is 9.59. The lowest BCUT2D eigenvalue weighted by Gasteiger charge is -2.60. The summed E-state index contributed by atoms with van der Waals surface area (Å²) in [6, 6.07) is 0. The fourth-order valence-corrected chi connectivity index (χ4v) is 6.23. The van der Waals surface area contributed by atoms with Crippen molar-refractivity contribution in [3.8, 4) is 0 Å². The number of hydrogen-bond acceptors (Lipinski definition) is 0. The van der Waals surface area contributed by atoms with Crippen LogP contribution in [0.4, 0.5) is 0 Å². The van der Waals surface area contributed by atoms with Crippen molar-refractivity contribution in [1.82, 2.24) is 0 Å². The molecule has 0 spiro atoms. The largest absolute Gasteiger partial charge is 0.0953 e. The van der Waals surface area contributed by atoms with E-state index in [4.69, 9.17) is 6.58 Å². The predicted molar refractivity (Wildman–Crippen MR) is 106 cm³/mol. The first-order valence-electron chi connectivity index (χ1n) is 9.85. The van der Waals surface area contributed by atoms with Crippen LogP contribution in [0.5, 0.6) is 0 Å². The van der Waals surface area contributed by atoms with Crippen LogP contribution in [0.15, 0.2) is 48.1 Å². The summed E-state index contributed by atoms with van der Waals surface area (Å²) in [7, 11) is 0. The monoisotopic (exact) mass is 324 g/mol. The van der Waals surface area contributed by atoms with Crippen molar-refractivity contribution in [3.05, 3.63) is 48.1 Å². The molecule has 0 aromatic rings. The molecule has 0 N–H and O–H groups in total. The minimum Gasteiger partial charge on any atom is -0.0953 e. The lowest BCUT2D eigenvalue weighted by Crippen LogP contribution is -2.53. The van der Waals surface area contributed by atoms with Crippen LogP contribution in [0.2, 0.25) is 0 Å². The fourth-order valence-electron chi connectivity index (χ4n) is 6.23. The quantitative estimate of drug-likeness (QED) is 0.445. The van der Waals surface area contributed by atoms with Crippen LogP contribution < -0.4 is 0 Å². The van der Waals surface area contributed by atoms with Crippen molar-refractivity contribution >= 4 is 0 Å². The first-order valence-corrected chi connectivity index (χ1v) is 9.85. The molecule has 0 saturated heterocycles. The summed E-state index contributed by atoms with van der Waals surface area (Å²) in [6.45, 7) is 24.0. The van der Waals surface area contributed by atoms with E-state index in [-0.39, 0.29) is 10.8 Å². The van der Waals surface area contributed by atoms with Crippen LogP contribution in [0.25, 0.3) is 0 Å². The summed E-state index contributed by atoms with van der Waals surface area (Å²) >= 11 is 0. The van der Waals surface area contributed by atoms with Crippen molar-refractivity contribution in [2.75, 3.05) is 0 Å². The van der Waals surface area contributed by atoms with E-state index in [1.807, 2.05) is 0 Å². The molecule has 0 aliphatic heterocycles. The molecule has 3 aliphatic rings. The van der Waals surface area contributed by atoms with Gasteiger partial charge in [-0.15, -0.1) is 0 Å². The number of hydrogen-bond donors (Lipinski definition) is 0. The zero-order chi connectivity index (χ0) is 17.9. The van der Waals surface area contributed by atoms with Crippen LogP contribution in [0.3, 0.4) is 0 Å². The van der Waals surface area contributed by atoms with Gasteiger partial charge in [0.15, 0.2) is 0 Å². The van der Waals surface area contributed by atoms with Gasteiger partial charge in [0.1, 0.15) is 0 Å². The molecule has 0 heteroatoms. The van der Waals surface area contributed by atoms with Crippen molar-refractivity contribution in [2.24, 2.45) is 34.0 Å². The van der Waals surface area contributed by atoms with E-state index >= 15 is 0 Å². The third-order valence-corrected chi connectivity index (χ3v) is 8.89. The Labute approximate surface area is 149 Å². The highest BCUT2D eigenvalue weighted by atomic mass is 14.7. The Hall–Kier alpha value is -1.04. The van der Waals surface area contributed by atoms with Crippen molar-refractivity contribution in [2.45, 2.75) is 67.2 Å². The van der Waals surface area contributed by atoms with Crippen LogP contribution >= 0.6 is 0 Å². The normalized spacial score (nSPS) is 51.1. The van der Waals surface area contributed by atoms with E-state index in [0.29, 0.717) is 23.2 Å². The maximum atomic E-state index is 4.72. The van der Waals surface area contributed by atoms with E-state index in [9.17, 15) is 0 Å². The van der Waals surface area contributed by atoms with Gasteiger partial charge in [-0.2, -0.15) is 0 Å². The highest BCUT2D eigenvalue weighted by molar-refractivity contribution is 5.48. The van der Waals surface area contributed by atoms with Crippen molar-refractivity contribution in [3.63, 3.8) is 0 Å². The molecule has 2 bridgehead atoms. The molecular weight excluding hydrogens is 288 g/mol. The average Bonchev–Trinajstić information content (AvgIpc) is 2.76. The average molecular weight is 325 g/mol. The van der Waals surface area contributed by atoms with Crippen LogP contribution in [-0.4, -0.2) is 0 Å². The third kappa shape index (κ3) is 1.98. The summed E-state index contributed by atoms with van der Waals surface area (Å²) in [5.41, 5.74) is 4.75. The number of rotatable bonds is 0. The molecule has 0 aromatic heterocycles. The smallest absolute Gasteiger partial charge is 0.00719 e. The van der Waals surface area contributed by atoms with Gasteiger partial charge in [0.2, 0.25) is 0 Å². The zero-order valence-electron chi connectivity index (χ0n) is 16.7. The summed E-state index contributed by atoms with van der Waals surface area (Å²) < 4.78 is 0. The van der Waals surface area contributed by atoms with Gasteiger partial charge >= 0.3 is 0 Å². The van der Waals surface area contributed by atoms with E-state index < -0.39 is 0 Å². The van der Waals surface area contributed by atoms with E-state index in [0.717, 1.165) is 12.8 Å². The van der Waals surface area contributed by atoms with E-state index in [1.165, 1.54) is 29.6 Å². The maximum absolute atomic E-state index is 4.72. The Morgan fingerprint density at radius 2 is 1.67 bits per heavy atom. The van der Waals surface area contributed by atoms with Gasteiger partial charge in [-0.05, 0) is 65.6 Å². The molecule has 132 valence electrons. The second-order valence-electron chi connectivity index (χ2n) is 9.59. The number of fused-ring (bicyclic) bond motifs is 1. The van der Waals surface area contributed by atoms with Crippen molar-refractivity contribution in [1.29, 1.82) is 0 Å². The van der Waals surface area contributed by atoms with Gasteiger partial charge in [0, 0.05) is 10.8 Å². The summed E-state index contributed by atoms with van der Waals surface area (Å²) in [5, 5.41) is 0. The van der Waals surface area contributed by atoms with Crippen molar-refractivity contribution < 1.29 is 0 Å². The molecule has 0 amide bonds. The molecule has 0 nitrogen and oxygen atoms in total. The molecule has 2 saturated carbocycles. The summed E-state index contributed by atoms with van der Waals surface area (Å²) in [6.07, 6.45) is 12.0. The lowest BCUT2D eigenvalue weighted by molar-refractivity contribution is -0.00936. The maximum Gasteiger partial charge on any atom is 0.00719 e. The highest BCUT2D eigenvalue weighted by Gasteiger charge is 2.67. The minimum absolute atomic E-state index is 0.0900. The molecule has 0 radical (unpaired) electrons. The van der Waals surface area contributed by atoms with Gasteiger partial charge in [0.05, 0.1) is 0 Å². The Kier molecular flexibility index (Phi) is 4.06. The molecule has 24 heavy (non-hydrogen) atoms. The van der Waals surface area contributed by atoms with E-state index in [2.05, 4.69) is 66.3 Å².